The molecule has 0 amide bonds. The molecule has 1 aromatic rings. The van der Waals surface area contributed by atoms with Crippen molar-refractivity contribution < 1.29 is 9.47 Å². The fraction of sp³-hybridized carbons (Fsp3) is 0.500. The molecule has 1 atom stereocenters. The summed E-state index contributed by atoms with van der Waals surface area (Å²) >= 11 is 0. The summed E-state index contributed by atoms with van der Waals surface area (Å²) in [6, 6.07) is 6.21. The summed E-state index contributed by atoms with van der Waals surface area (Å²) in [5.41, 5.74) is 2.15. The van der Waals surface area contributed by atoms with E-state index in [2.05, 4.69) is 31.8 Å². The van der Waals surface area contributed by atoms with E-state index in [1.165, 1.54) is 0 Å². The van der Waals surface area contributed by atoms with Gasteiger partial charge in [0.2, 0.25) is 0 Å². The van der Waals surface area contributed by atoms with Crippen molar-refractivity contribution in [3.8, 4) is 11.5 Å². The van der Waals surface area contributed by atoms with Gasteiger partial charge in [-0.05, 0) is 38.5 Å². The summed E-state index contributed by atoms with van der Waals surface area (Å²) in [6.07, 6.45) is 1.11. The Labute approximate surface area is 116 Å². The predicted octanol–water partition coefficient (Wildman–Crippen LogP) is 3.71. The fourth-order valence-corrected chi connectivity index (χ4v) is 1.80. The zero-order chi connectivity index (χ0) is 14.3. The zero-order valence-electron chi connectivity index (χ0n) is 12.5. The van der Waals surface area contributed by atoms with Crippen LogP contribution in [0.1, 0.15) is 38.8 Å². The molecular weight excluding hydrogens is 238 g/mol. The van der Waals surface area contributed by atoms with Crippen LogP contribution < -0.4 is 14.8 Å². The smallest absolute Gasteiger partial charge is 0.128 e. The Balaban J connectivity index is 2.90. The van der Waals surface area contributed by atoms with Crippen LogP contribution in [0.25, 0.3) is 0 Å². The Morgan fingerprint density at radius 2 is 2.16 bits per heavy atom. The lowest BCUT2D eigenvalue weighted by atomic mass is 10.1. The summed E-state index contributed by atoms with van der Waals surface area (Å²) in [5, 5.41) is 3.47. The first-order chi connectivity index (χ1) is 9.08. The number of rotatable bonds is 8. The molecule has 0 saturated heterocycles. The monoisotopic (exact) mass is 263 g/mol. The molecule has 1 aromatic carbocycles. The van der Waals surface area contributed by atoms with Gasteiger partial charge in [0.05, 0.1) is 7.11 Å². The van der Waals surface area contributed by atoms with Crippen molar-refractivity contribution in [3.63, 3.8) is 0 Å². The van der Waals surface area contributed by atoms with E-state index in [-0.39, 0.29) is 6.04 Å². The van der Waals surface area contributed by atoms with Gasteiger partial charge in [0.1, 0.15) is 18.1 Å². The molecular formula is C16H25NO2. The van der Waals surface area contributed by atoms with E-state index < -0.39 is 0 Å². The average molecular weight is 263 g/mol. The molecule has 0 spiro atoms. The Hall–Kier alpha value is -1.48. The molecule has 0 aliphatic heterocycles. The van der Waals surface area contributed by atoms with Crippen LogP contribution in [-0.2, 0) is 0 Å². The second-order valence-corrected chi connectivity index (χ2v) is 4.83. The molecule has 0 saturated carbocycles. The minimum absolute atomic E-state index is 0.256. The van der Waals surface area contributed by atoms with Gasteiger partial charge in [0, 0.05) is 17.7 Å². The Morgan fingerprint density at radius 3 is 2.74 bits per heavy atom. The predicted molar refractivity (Wildman–Crippen MR) is 80.0 cm³/mol. The molecule has 1 N–H and O–H groups in total. The van der Waals surface area contributed by atoms with E-state index >= 15 is 0 Å². The SMILES string of the molecule is C=C(C)COc1cc(OC)ccc1C(C)NCCC. The minimum atomic E-state index is 0.256. The van der Waals surface area contributed by atoms with E-state index in [1.54, 1.807) is 7.11 Å². The third-order valence-corrected chi connectivity index (χ3v) is 2.86. The molecule has 0 heterocycles. The number of methoxy groups -OCH3 is 1. The Morgan fingerprint density at radius 1 is 1.42 bits per heavy atom. The van der Waals surface area contributed by atoms with Gasteiger partial charge in [0.15, 0.2) is 0 Å². The number of hydrogen-bond acceptors (Lipinski definition) is 3. The first-order valence-electron chi connectivity index (χ1n) is 6.77. The van der Waals surface area contributed by atoms with Crippen LogP contribution in [-0.4, -0.2) is 20.3 Å². The maximum absolute atomic E-state index is 5.82. The summed E-state index contributed by atoms with van der Waals surface area (Å²) in [5.74, 6) is 1.67. The second-order valence-electron chi connectivity index (χ2n) is 4.83. The Kier molecular flexibility index (Phi) is 6.43. The number of hydrogen-bond donors (Lipinski definition) is 1. The first kappa shape index (κ1) is 15.6. The molecule has 1 unspecified atom stereocenters. The Bertz CT molecular complexity index is 415. The molecule has 0 aromatic heterocycles. The van der Waals surface area contributed by atoms with E-state index in [1.807, 2.05) is 19.1 Å². The zero-order valence-corrected chi connectivity index (χ0v) is 12.5. The molecule has 0 fully saturated rings. The highest BCUT2D eigenvalue weighted by atomic mass is 16.5. The van der Waals surface area contributed by atoms with Crippen molar-refractivity contribution in [3.05, 3.63) is 35.9 Å². The maximum Gasteiger partial charge on any atom is 0.128 e. The lowest BCUT2D eigenvalue weighted by Gasteiger charge is -2.19. The van der Waals surface area contributed by atoms with Crippen LogP contribution in [0, 0.1) is 0 Å². The molecule has 106 valence electrons. The molecule has 0 aliphatic carbocycles. The fourth-order valence-electron chi connectivity index (χ4n) is 1.80. The third kappa shape index (κ3) is 4.95. The van der Waals surface area contributed by atoms with E-state index in [0.29, 0.717) is 6.61 Å². The maximum atomic E-state index is 5.82. The average Bonchev–Trinajstić information content (AvgIpc) is 2.42. The summed E-state index contributed by atoms with van der Waals surface area (Å²) in [6.45, 7) is 11.6. The highest BCUT2D eigenvalue weighted by Gasteiger charge is 2.12. The highest BCUT2D eigenvalue weighted by molar-refractivity contribution is 5.42. The molecule has 0 aliphatic rings. The van der Waals surface area contributed by atoms with Gasteiger partial charge in [-0.3, -0.25) is 0 Å². The van der Waals surface area contributed by atoms with Crippen LogP contribution in [0.5, 0.6) is 11.5 Å². The minimum Gasteiger partial charge on any atom is -0.497 e. The van der Waals surface area contributed by atoms with Gasteiger partial charge in [-0.15, -0.1) is 0 Å². The number of nitrogens with one attached hydrogen (secondary N) is 1. The van der Waals surface area contributed by atoms with E-state index in [9.17, 15) is 0 Å². The molecule has 0 radical (unpaired) electrons. The van der Waals surface area contributed by atoms with Crippen LogP contribution in [0.3, 0.4) is 0 Å². The van der Waals surface area contributed by atoms with Gasteiger partial charge >= 0.3 is 0 Å². The van der Waals surface area contributed by atoms with E-state index in [0.717, 1.165) is 35.6 Å². The molecule has 3 nitrogen and oxygen atoms in total. The van der Waals surface area contributed by atoms with Gasteiger partial charge in [-0.25, -0.2) is 0 Å². The summed E-state index contributed by atoms with van der Waals surface area (Å²) in [4.78, 5) is 0. The lowest BCUT2D eigenvalue weighted by molar-refractivity contribution is 0.339. The lowest BCUT2D eigenvalue weighted by Crippen LogP contribution is -2.20. The van der Waals surface area contributed by atoms with Crippen molar-refractivity contribution in [1.29, 1.82) is 0 Å². The summed E-state index contributed by atoms with van der Waals surface area (Å²) < 4.78 is 11.1. The van der Waals surface area contributed by atoms with E-state index in [4.69, 9.17) is 9.47 Å². The van der Waals surface area contributed by atoms with Crippen molar-refractivity contribution in [1.82, 2.24) is 5.32 Å². The van der Waals surface area contributed by atoms with Gasteiger partial charge in [-0.2, -0.15) is 0 Å². The third-order valence-electron chi connectivity index (χ3n) is 2.86. The summed E-state index contributed by atoms with van der Waals surface area (Å²) in [7, 11) is 1.66. The second kappa shape index (κ2) is 7.85. The van der Waals surface area contributed by atoms with Gasteiger partial charge in [0.25, 0.3) is 0 Å². The number of benzene rings is 1. The standard InChI is InChI=1S/C16H25NO2/c1-6-9-17-13(4)15-8-7-14(18-5)10-16(15)19-11-12(2)3/h7-8,10,13,17H,2,6,9,11H2,1,3-5H3. The van der Waals surface area contributed by atoms with Crippen molar-refractivity contribution in [2.45, 2.75) is 33.2 Å². The molecule has 0 bridgehead atoms. The van der Waals surface area contributed by atoms with Gasteiger partial charge in [-0.1, -0.05) is 19.6 Å². The first-order valence-corrected chi connectivity index (χ1v) is 6.77. The van der Waals surface area contributed by atoms with Crippen molar-refractivity contribution in [2.24, 2.45) is 0 Å². The number of ether oxygens (including phenoxy) is 2. The molecule has 19 heavy (non-hydrogen) atoms. The quantitative estimate of drug-likeness (QED) is 0.725. The van der Waals surface area contributed by atoms with Crippen LogP contribution in [0.2, 0.25) is 0 Å². The van der Waals surface area contributed by atoms with Crippen LogP contribution >= 0.6 is 0 Å². The van der Waals surface area contributed by atoms with Crippen LogP contribution in [0.15, 0.2) is 30.4 Å². The molecule has 3 heteroatoms. The van der Waals surface area contributed by atoms with Crippen molar-refractivity contribution in [2.75, 3.05) is 20.3 Å². The normalized spacial score (nSPS) is 12.0. The van der Waals surface area contributed by atoms with Crippen LogP contribution in [0.4, 0.5) is 0 Å². The van der Waals surface area contributed by atoms with Crippen molar-refractivity contribution >= 4 is 0 Å². The van der Waals surface area contributed by atoms with Gasteiger partial charge < -0.3 is 14.8 Å². The molecule has 1 rings (SSSR count). The highest BCUT2D eigenvalue weighted by Crippen LogP contribution is 2.29. The largest absolute Gasteiger partial charge is 0.497 e. The topological polar surface area (TPSA) is 30.5 Å².